The predicted molar refractivity (Wildman–Crippen MR) is 93.4 cm³/mol. The smallest absolute Gasteiger partial charge is 0.244 e. The number of para-hydroxylation sites is 1. The van der Waals surface area contributed by atoms with Crippen molar-refractivity contribution in [1.82, 2.24) is 14.7 Å². The lowest BCUT2D eigenvalue weighted by Crippen LogP contribution is -2.34. The second-order valence-corrected chi connectivity index (χ2v) is 5.80. The maximum Gasteiger partial charge on any atom is 0.244 e. The Morgan fingerprint density at radius 2 is 1.88 bits per heavy atom. The van der Waals surface area contributed by atoms with E-state index in [1.54, 1.807) is 22.8 Å². The Morgan fingerprint density at radius 3 is 2.62 bits per heavy atom. The quantitative estimate of drug-likeness (QED) is 0.758. The number of benzene rings is 2. The highest BCUT2D eigenvalue weighted by atomic mass is 16.3. The zero-order chi connectivity index (χ0) is 16.9. The predicted octanol–water partition coefficient (Wildman–Crippen LogP) is 2.62. The van der Waals surface area contributed by atoms with Crippen molar-refractivity contribution in [3.05, 3.63) is 66.4 Å². The van der Waals surface area contributed by atoms with Crippen molar-refractivity contribution in [2.75, 3.05) is 13.7 Å². The van der Waals surface area contributed by atoms with Crippen molar-refractivity contribution in [3.8, 4) is 0 Å². The van der Waals surface area contributed by atoms with Crippen LogP contribution in [0.4, 0.5) is 0 Å². The summed E-state index contributed by atoms with van der Waals surface area (Å²) in [6.45, 7) is 0.209. The van der Waals surface area contributed by atoms with Crippen LogP contribution < -0.4 is 0 Å². The molecule has 3 aromatic rings. The highest BCUT2D eigenvalue weighted by Gasteiger charge is 2.22. The third-order valence-electron chi connectivity index (χ3n) is 4.28. The molecule has 0 bridgehead atoms. The minimum Gasteiger partial charge on any atom is -0.396 e. The van der Waals surface area contributed by atoms with Crippen LogP contribution in [0.15, 0.2) is 60.8 Å². The Bertz CT molecular complexity index is 814. The van der Waals surface area contributed by atoms with Crippen LogP contribution in [0.3, 0.4) is 0 Å². The third-order valence-corrected chi connectivity index (χ3v) is 4.28. The van der Waals surface area contributed by atoms with Crippen LogP contribution >= 0.6 is 0 Å². The van der Waals surface area contributed by atoms with Gasteiger partial charge in [-0.1, -0.05) is 48.5 Å². The van der Waals surface area contributed by atoms with Gasteiger partial charge in [0.05, 0.1) is 17.8 Å². The van der Waals surface area contributed by atoms with Crippen molar-refractivity contribution in [2.24, 2.45) is 0 Å². The highest BCUT2D eigenvalue weighted by Crippen LogP contribution is 2.23. The molecular weight excluding hydrogens is 302 g/mol. The van der Waals surface area contributed by atoms with E-state index in [0.717, 1.165) is 16.5 Å². The van der Waals surface area contributed by atoms with E-state index in [-0.39, 0.29) is 25.1 Å². The van der Waals surface area contributed by atoms with Crippen LogP contribution in [0.1, 0.15) is 18.0 Å². The van der Waals surface area contributed by atoms with E-state index in [1.807, 2.05) is 54.6 Å². The average Bonchev–Trinajstić information content (AvgIpc) is 3.03. The number of aromatic nitrogens is 2. The number of rotatable bonds is 6. The number of hydrogen-bond acceptors (Lipinski definition) is 3. The van der Waals surface area contributed by atoms with Crippen molar-refractivity contribution in [2.45, 2.75) is 19.0 Å². The molecule has 5 heteroatoms. The maximum atomic E-state index is 12.7. The lowest BCUT2D eigenvalue weighted by molar-refractivity contribution is -0.133. The molecule has 2 aromatic carbocycles. The van der Waals surface area contributed by atoms with E-state index in [9.17, 15) is 9.90 Å². The number of aliphatic hydroxyl groups excluding tert-OH is 1. The second-order valence-electron chi connectivity index (χ2n) is 5.80. The summed E-state index contributed by atoms with van der Waals surface area (Å²) in [6.07, 6.45) is 2.27. The molecule has 0 saturated heterocycles. The van der Waals surface area contributed by atoms with E-state index >= 15 is 0 Å². The lowest BCUT2D eigenvalue weighted by atomic mass is 10.0. The fourth-order valence-corrected chi connectivity index (χ4v) is 2.95. The van der Waals surface area contributed by atoms with Gasteiger partial charge < -0.3 is 10.0 Å². The molecule has 1 unspecified atom stereocenters. The lowest BCUT2D eigenvalue weighted by Gasteiger charge is -2.28. The number of carbonyl (C=O) groups is 1. The standard InChI is InChI=1S/C19H21N3O2/c1-21(17(11-12-23)15-7-3-2-4-8-15)19(24)14-22-18-10-6-5-9-16(18)13-20-22/h2-10,13,17,23H,11-12,14H2,1H3. The average molecular weight is 323 g/mol. The number of fused-ring (bicyclic) bond motifs is 1. The summed E-state index contributed by atoms with van der Waals surface area (Å²) >= 11 is 0. The van der Waals surface area contributed by atoms with Gasteiger partial charge in [-0.2, -0.15) is 5.10 Å². The Morgan fingerprint density at radius 1 is 1.17 bits per heavy atom. The molecule has 0 aliphatic heterocycles. The molecule has 0 aliphatic carbocycles. The largest absolute Gasteiger partial charge is 0.396 e. The van der Waals surface area contributed by atoms with Crippen LogP contribution in [0.5, 0.6) is 0 Å². The summed E-state index contributed by atoms with van der Waals surface area (Å²) in [5, 5.41) is 14.7. The third kappa shape index (κ3) is 3.31. The summed E-state index contributed by atoms with van der Waals surface area (Å²) in [4.78, 5) is 14.4. The van der Waals surface area contributed by atoms with E-state index in [2.05, 4.69) is 5.10 Å². The molecule has 1 atom stereocenters. The Hall–Kier alpha value is -2.66. The monoisotopic (exact) mass is 323 g/mol. The Kier molecular flexibility index (Phi) is 4.91. The van der Waals surface area contributed by atoms with Gasteiger partial charge in [0.1, 0.15) is 6.54 Å². The van der Waals surface area contributed by atoms with Crippen LogP contribution in [0, 0.1) is 0 Å². The zero-order valence-electron chi connectivity index (χ0n) is 13.7. The Balaban J connectivity index is 1.80. The molecule has 5 nitrogen and oxygen atoms in total. The van der Waals surface area contributed by atoms with Gasteiger partial charge >= 0.3 is 0 Å². The Labute approximate surface area is 141 Å². The SMILES string of the molecule is CN(C(=O)Cn1ncc2ccccc21)C(CCO)c1ccccc1. The first-order valence-electron chi connectivity index (χ1n) is 8.02. The second kappa shape index (κ2) is 7.27. The van der Waals surface area contributed by atoms with Gasteiger partial charge in [0.2, 0.25) is 5.91 Å². The molecule has 0 spiro atoms. The molecule has 24 heavy (non-hydrogen) atoms. The number of nitrogens with zero attached hydrogens (tertiary/aromatic N) is 3. The molecule has 1 heterocycles. The van der Waals surface area contributed by atoms with E-state index < -0.39 is 0 Å². The molecule has 0 saturated carbocycles. The first kappa shape index (κ1) is 16.2. The topological polar surface area (TPSA) is 58.4 Å². The summed E-state index contributed by atoms with van der Waals surface area (Å²) in [6, 6.07) is 17.5. The van der Waals surface area contributed by atoms with Crippen LogP contribution in [0.25, 0.3) is 10.9 Å². The molecule has 3 rings (SSSR count). The molecule has 1 N–H and O–H groups in total. The normalized spacial score (nSPS) is 12.2. The summed E-state index contributed by atoms with van der Waals surface area (Å²) < 4.78 is 1.72. The molecule has 0 fully saturated rings. The zero-order valence-corrected chi connectivity index (χ0v) is 13.7. The fraction of sp³-hybridized carbons (Fsp3) is 0.263. The fourth-order valence-electron chi connectivity index (χ4n) is 2.95. The van der Waals surface area contributed by atoms with Gasteiger partial charge in [-0.25, -0.2) is 0 Å². The maximum absolute atomic E-state index is 12.7. The van der Waals surface area contributed by atoms with Gasteiger partial charge in [0.15, 0.2) is 0 Å². The minimum atomic E-state index is -0.148. The molecular formula is C19H21N3O2. The number of amides is 1. The number of carbonyl (C=O) groups excluding carboxylic acids is 1. The van der Waals surface area contributed by atoms with Crippen molar-refractivity contribution in [1.29, 1.82) is 0 Å². The van der Waals surface area contributed by atoms with Gasteiger partial charge in [0.25, 0.3) is 0 Å². The van der Waals surface area contributed by atoms with E-state index in [0.29, 0.717) is 6.42 Å². The molecule has 0 aliphatic rings. The highest BCUT2D eigenvalue weighted by molar-refractivity contribution is 5.82. The molecule has 1 amide bonds. The van der Waals surface area contributed by atoms with Gasteiger partial charge in [0, 0.05) is 19.0 Å². The van der Waals surface area contributed by atoms with Crippen molar-refractivity contribution < 1.29 is 9.90 Å². The first-order chi connectivity index (χ1) is 11.7. The summed E-state index contributed by atoms with van der Waals surface area (Å²) in [7, 11) is 1.78. The number of likely N-dealkylation sites (N-methyl/N-ethyl adjacent to an activating group) is 1. The summed E-state index contributed by atoms with van der Waals surface area (Å²) in [5.41, 5.74) is 1.96. The van der Waals surface area contributed by atoms with E-state index in [1.165, 1.54) is 0 Å². The minimum absolute atomic E-state index is 0.0296. The van der Waals surface area contributed by atoms with Gasteiger partial charge in [-0.15, -0.1) is 0 Å². The first-order valence-corrected chi connectivity index (χ1v) is 8.02. The van der Waals surface area contributed by atoms with E-state index in [4.69, 9.17) is 0 Å². The van der Waals surface area contributed by atoms with Crippen LogP contribution in [-0.4, -0.2) is 39.3 Å². The molecule has 124 valence electrons. The molecule has 0 radical (unpaired) electrons. The number of aliphatic hydroxyl groups is 1. The van der Waals surface area contributed by atoms with Gasteiger partial charge in [-0.3, -0.25) is 9.48 Å². The number of hydrogen-bond donors (Lipinski definition) is 1. The van der Waals surface area contributed by atoms with Crippen molar-refractivity contribution >= 4 is 16.8 Å². The van der Waals surface area contributed by atoms with Crippen molar-refractivity contribution in [3.63, 3.8) is 0 Å². The van der Waals surface area contributed by atoms with Crippen LogP contribution in [0.2, 0.25) is 0 Å². The van der Waals surface area contributed by atoms with Gasteiger partial charge in [-0.05, 0) is 18.1 Å². The molecule has 1 aromatic heterocycles. The van der Waals surface area contributed by atoms with Crippen LogP contribution in [-0.2, 0) is 11.3 Å². The summed E-state index contributed by atoms with van der Waals surface area (Å²) in [5.74, 6) is -0.0360.